The summed E-state index contributed by atoms with van der Waals surface area (Å²) in [4.78, 5) is 3.20. The maximum atomic E-state index is 9.18. The summed E-state index contributed by atoms with van der Waals surface area (Å²) < 4.78 is 0. The van der Waals surface area contributed by atoms with Crippen molar-refractivity contribution < 1.29 is 5.11 Å². The Morgan fingerprint density at radius 1 is 1.41 bits per heavy atom. The molecule has 0 aliphatic heterocycles. The highest BCUT2D eigenvalue weighted by molar-refractivity contribution is 6.31. The molecule has 2 aromatic rings. The minimum atomic E-state index is -0.268. The van der Waals surface area contributed by atoms with Gasteiger partial charge in [-0.05, 0) is 31.5 Å². The fraction of sp³-hybridized carbons (Fsp3) is 0.385. The molecule has 3 N–H and O–H groups in total. The summed E-state index contributed by atoms with van der Waals surface area (Å²) >= 11 is 5.93. The van der Waals surface area contributed by atoms with Crippen molar-refractivity contribution >= 4 is 22.5 Å². The molecule has 0 aliphatic carbocycles. The molecule has 1 aromatic carbocycles. The van der Waals surface area contributed by atoms with Gasteiger partial charge < -0.3 is 15.4 Å². The van der Waals surface area contributed by atoms with E-state index in [-0.39, 0.29) is 12.1 Å². The van der Waals surface area contributed by atoms with Gasteiger partial charge in [0.15, 0.2) is 0 Å². The van der Waals surface area contributed by atoms with Gasteiger partial charge in [-0.3, -0.25) is 0 Å². The molecule has 0 amide bonds. The summed E-state index contributed by atoms with van der Waals surface area (Å²) in [6.07, 6.45) is 1.97. The highest BCUT2D eigenvalue weighted by atomic mass is 35.5. The summed E-state index contributed by atoms with van der Waals surface area (Å²) in [6.45, 7) is 4.77. The molecule has 0 bridgehead atoms. The van der Waals surface area contributed by atoms with Gasteiger partial charge in [-0.25, -0.2) is 0 Å². The van der Waals surface area contributed by atoms with Crippen LogP contribution >= 0.6 is 11.6 Å². The molecule has 0 radical (unpaired) electrons. The highest BCUT2D eigenvalue weighted by Crippen LogP contribution is 2.22. The van der Waals surface area contributed by atoms with Crippen LogP contribution in [0.5, 0.6) is 0 Å². The van der Waals surface area contributed by atoms with Crippen molar-refractivity contribution in [1.29, 1.82) is 0 Å². The number of hydrogen-bond acceptors (Lipinski definition) is 2. The van der Waals surface area contributed by atoms with Crippen LogP contribution in [0.1, 0.15) is 19.4 Å². The minimum absolute atomic E-state index is 0.112. The Hall–Kier alpha value is -1.03. The molecular formula is C13H17ClN2O. The number of aromatic amines is 1. The fourth-order valence-corrected chi connectivity index (χ4v) is 1.87. The predicted octanol–water partition coefficient (Wildman–Crippen LogP) is 2.68. The third-order valence-corrected chi connectivity index (χ3v) is 3.12. The van der Waals surface area contributed by atoms with Crippen LogP contribution in [-0.2, 0) is 6.54 Å². The van der Waals surface area contributed by atoms with Gasteiger partial charge in [0.05, 0.1) is 6.61 Å². The van der Waals surface area contributed by atoms with Gasteiger partial charge in [-0.15, -0.1) is 0 Å². The number of nitrogens with one attached hydrogen (secondary N) is 2. The molecule has 92 valence electrons. The van der Waals surface area contributed by atoms with Crippen molar-refractivity contribution in [3.8, 4) is 0 Å². The number of rotatable bonds is 4. The van der Waals surface area contributed by atoms with Crippen LogP contribution in [0.2, 0.25) is 5.02 Å². The molecule has 0 atom stereocenters. The normalized spacial score (nSPS) is 12.2. The summed E-state index contributed by atoms with van der Waals surface area (Å²) in [6, 6.07) is 5.81. The fourth-order valence-electron chi connectivity index (χ4n) is 1.70. The smallest absolute Gasteiger partial charge is 0.0607 e. The van der Waals surface area contributed by atoms with E-state index in [2.05, 4.69) is 10.3 Å². The number of aliphatic hydroxyl groups excluding tert-OH is 1. The van der Waals surface area contributed by atoms with Crippen molar-refractivity contribution in [3.63, 3.8) is 0 Å². The molecule has 1 aromatic heterocycles. The SMILES string of the molecule is CC(C)(CO)NCc1c[nH]c2cc(Cl)ccc12. The monoisotopic (exact) mass is 252 g/mol. The van der Waals surface area contributed by atoms with E-state index < -0.39 is 0 Å². The zero-order chi connectivity index (χ0) is 12.5. The predicted molar refractivity (Wildman–Crippen MR) is 71.3 cm³/mol. The maximum absolute atomic E-state index is 9.18. The molecule has 1 heterocycles. The van der Waals surface area contributed by atoms with Crippen LogP contribution in [0.25, 0.3) is 10.9 Å². The van der Waals surface area contributed by atoms with Gasteiger partial charge in [-0.1, -0.05) is 17.7 Å². The molecule has 17 heavy (non-hydrogen) atoms. The Kier molecular flexibility index (Phi) is 3.43. The lowest BCUT2D eigenvalue weighted by atomic mass is 10.1. The van der Waals surface area contributed by atoms with Crippen LogP contribution in [0, 0.1) is 0 Å². The standard InChI is InChI=1S/C13H17ClN2O/c1-13(2,8-17)16-7-9-6-15-12-5-10(14)3-4-11(9)12/h3-6,15-17H,7-8H2,1-2H3. The Bertz CT molecular complexity index is 519. The van der Waals surface area contributed by atoms with Crippen LogP contribution < -0.4 is 5.32 Å². The van der Waals surface area contributed by atoms with Crippen molar-refractivity contribution in [2.45, 2.75) is 25.9 Å². The topological polar surface area (TPSA) is 48.0 Å². The van der Waals surface area contributed by atoms with Gasteiger partial charge in [0.2, 0.25) is 0 Å². The van der Waals surface area contributed by atoms with Gasteiger partial charge in [0, 0.05) is 34.2 Å². The summed E-state index contributed by atoms with van der Waals surface area (Å²) in [5, 5.41) is 14.4. The third kappa shape index (κ3) is 2.80. The lowest BCUT2D eigenvalue weighted by Gasteiger charge is -2.23. The van der Waals surface area contributed by atoms with E-state index in [0.717, 1.165) is 22.5 Å². The molecule has 0 unspecified atom stereocenters. The van der Waals surface area contributed by atoms with Gasteiger partial charge in [0.1, 0.15) is 0 Å². The number of aromatic nitrogens is 1. The van der Waals surface area contributed by atoms with Crippen LogP contribution in [0.3, 0.4) is 0 Å². The Morgan fingerprint density at radius 3 is 2.88 bits per heavy atom. The number of halogens is 1. The number of hydrogen-bond donors (Lipinski definition) is 3. The lowest BCUT2D eigenvalue weighted by molar-refractivity contribution is 0.187. The molecule has 2 rings (SSSR count). The van der Waals surface area contributed by atoms with Gasteiger partial charge in [-0.2, -0.15) is 0 Å². The molecule has 0 spiro atoms. The molecule has 0 saturated heterocycles. The first kappa shape index (κ1) is 12.4. The van der Waals surface area contributed by atoms with E-state index in [1.165, 1.54) is 5.56 Å². The average molecular weight is 253 g/mol. The number of fused-ring (bicyclic) bond motifs is 1. The first-order valence-corrected chi connectivity index (χ1v) is 6.01. The average Bonchev–Trinajstić information content (AvgIpc) is 2.69. The van der Waals surface area contributed by atoms with Gasteiger partial charge in [0.25, 0.3) is 0 Å². The van der Waals surface area contributed by atoms with E-state index in [1.807, 2.05) is 38.2 Å². The summed E-state index contributed by atoms with van der Waals surface area (Å²) in [5.41, 5.74) is 1.95. The zero-order valence-corrected chi connectivity index (χ0v) is 10.8. The molecule has 0 fully saturated rings. The molecule has 0 saturated carbocycles. The first-order valence-electron chi connectivity index (χ1n) is 5.63. The minimum Gasteiger partial charge on any atom is -0.394 e. The lowest BCUT2D eigenvalue weighted by Crippen LogP contribution is -2.42. The second kappa shape index (κ2) is 4.69. The Labute approximate surface area is 106 Å². The zero-order valence-electron chi connectivity index (χ0n) is 10.0. The number of benzene rings is 1. The quantitative estimate of drug-likeness (QED) is 0.784. The van der Waals surface area contributed by atoms with Crippen LogP contribution in [-0.4, -0.2) is 22.2 Å². The maximum Gasteiger partial charge on any atom is 0.0607 e. The van der Waals surface area contributed by atoms with E-state index in [4.69, 9.17) is 11.6 Å². The summed E-state index contributed by atoms with van der Waals surface area (Å²) in [5.74, 6) is 0. The van der Waals surface area contributed by atoms with Crippen molar-refractivity contribution in [1.82, 2.24) is 10.3 Å². The highest BCUT2D eigenvalue weighted by Gasteiger charge is 2.15. The van der Waals surface area contributed by atoms with E-state index in [1.54, 1.807) is 0 Å². The first-order chi connectivity index (χ1) is 8.02. The molecule has 0 aliphatic rings. The molecule has 4 heteroatoms. The van der Waals surface area contributed by atoms with E-state index in [0.29, 0.717) is 0 Å². The number of aliphatic hydroxyl groups is 1. The van der Waals surface area contributed by atoms with E-state index >= 15 is 0 Å². The Morgan fingerprint density at radius 2 is 2.18 bits per heavy atom. The Balaban J connectivity index is 2.20. The van der Waals surface area contributed by atoms with Crippen LogP contribution in [0.15, 0.2) is 24.4 Å². The van der Waals surface area contributed by atoms with Crippen molar-refractivity contribution in [3.05, 3.63) is 35.0 Å². The second-order valence-corrected chi connectivity index (χ2v) is 5.34. The molecular weight excluding hydrogens is 236 g/mol. The van der Waals surface area contributed by atoms with E-state index in [9.17, 15) is 5.11 Å². The summed E-state index contributed by atoms with van der Waals surface area (Å²) in [7, 11) is 0. The van der Waals surface area contributed by atoms with Gasteiger partial charge >= 0.3 is 0 Å². The third-order valence-electron chi connectivity index (χ3n) is 2.88. The largest absolute Gasteiger partial charge is 0.394 e. The van der Waals surface area contributed by atoms with Crippen molar-refractivity contribution in [2.75, 3.05) is 6.61 Å². The van der Waals surface area contributed by atoms with Crippen molar-refractivity contribution in [2.24, 2.45) is 0 Å². The molecule has 3 nitrogen and oxygen atoms in total. The second-order valence-electron chi connectivity index (χ2n) is 4.90. The number of H-pyrrole nitrogens is 1. The van der Waals surface area contributed by atoms with Crippen LogP contribution in [0.4, 0.5) is 0 Å².